The van der Waals surface area contributed by atoms with E-state index in [1.165, 1.54) is 6.42 Å². The number of aliphatic hydroxyl groups excluding tert-OH is 1. The van der Waals surface area contributed by atoms with Crippen molar-refractivity contribution in [2.24, 2.45) is 10.8 Å². The van der Waals surface area contributed by atoms with Crippen molar-refractivity contribution in [1.29, 1.82) is 0 Å². The van der Waals surface area contributed by atoms with Crippen LogP contribution in [0.1, 0.15) is 73.6 Å². The maximum absolute atomic E-state index is 9.88. The van der Waals surface area contributed by atoms with Gasteiger partial charge in [-0.15, -0.1) is 0 Å². The van der Waals surface area contributed by atoms with Crippen molar-refractivity contribution in [3.8, 4) is 0 Å². The van der Waals surface area contributed by atoms with E-state index in [0.717, 1.165) is 38.8 Å². The second-order valence-electron chi connectivity index (χ2n) is 7.99. The zero-order valence-corrected chi connectivity index (χ0v) is 13.5. The third kappa shape index (κ3) is 14.0. The molecule has 0 unspecified atom stereocenters. The van der Waals surface area contributed by atoms with Gasteiger partial charge in [-0.25, -0.2) is 0 Å². The first-order valence-electron chi connectivity index (χ1n) is 7.49. The highest BCUT2D eigenvalue weighted by Gasteiger charge is 2.12. The molecule has 0 fully saturated rings. The second-order valence-corrected chi connectivity index (χ2v) is 7.99. The van der Waals surface area contributed by atoms with Gasteiger partial charge in [0.25, 0.3) is 0 Å². The van der Waals surface area contributed by atoms with Gasteiger partial charge in [0.2, 0.25) is 0 Å². The van der Waals surface area contributed by atoms with E-state index in [2.05, 4.69) is 46.9 Å². The molecule has 0 aromatic heterocycles. The predicted molar refractivity (Wildman–Crippen MR) is 80.9 cm³/mol. The van der Waals surface area contributed by atoms with Gasteiger partial charge in [-0.3, -0.25) is 0 Å². The molecule has 0 saturated carbocycles. The van der Waals surface area contributed by atoms with Gasteiger partial charge in [0.1, 0.15) is 0 Å². The quantitative estimate of drug-likeness (QED) is 0.645. The summed E-state index contributed by atoms with van der Waals surface area (Å²) in [7, 11) is 0. The summed E-state index contributed by atoms with van der Waals surface area (Å²) in [6.07, 6.45) is 5.19. The fraction of sp³-hybridized carbons (Fsp3) is 1.00. The monoisotopic (exact) mass is 257 g/mol. The highest BCUT2D eigenvalue weighted by molar-refractivity contribution is 4.66. The van der Waals surface area contributed by atoms with Crippen LogP contribution in [0.15, 0.2) is 0 Å². The van der Waals surface area contributed by atoms with Gasteiger partial charge in [0, 0.05) is 0 Å². The van der Waals surface area contributed by atoms with Gasteiger partial charge in [0.15, 0.2) is 0 Å². The Morgan fingerprint density at radius 2 is 1.44 bits per heavy atom. The van der Waals surface area contributed by atoms with Gasteiger partial charge >= 0.3 is 0 Å². The molecule has 0 spiro atoms. The molecule has 0 rings (SSSR count). The first kappa shape index (κ1) is 17.9. The third-order valence-corrected chi connectivity index (χ3v) is 3.01. The molecule has 2 nitrogen and oxygen atoms in total. The molecule has 1 atom stereocenters. The molecule has 0 aliphatic carbocycles. The number of nitrogens with one attached hydrogen (secondary N) is 1. The van der Waals surface area contributed by atoms with Gasteiger partial charge < -0.3 is 10.4 Å². The van der Waals surface area contributed by atoms with E-state index in [-0.39, 0.29) is 6.10 Å². The summed E-state index contributed by atoms with van der Waals surface area (Å²) in [5, 5.41) is 13.3. The van der Waals surface area contributed by atoms with Gasteiger partial charge in [-0.2, -0.15) is 0 Å². The van der Waals surface area contributed by atoms with Crippen molar-refractivity contribution in [1.82, 2.24) is 5.32 Å². The van der Waals surface area contributed by atoms with Crippen molar-refractivity contribution in [3.05, 3.63) is 0 Å². The molecule has 110 valence electrons. The van der Waals surface area contributed by atoms with Crippen LogP contribution < -0.4 is 5.32 Å². The Bertz CT molecular complexity index is 200. The average molecular weight is 257 g/mol. The van der Waals surface area contributed by atoms with Crippen LogP contribution in [0, 0.1) is 10.8 Å². The minimum absolute atomic E-state index is 0.108. The fourth-order valence-electron chi connectivity index (χ4n) is 1.94. The SMILES string of the molecule is CC(C)(C)CCC[C@@H](O)CCCNCC(C)(C)C. The molecule has 0 radical (unpaired) electrons. The molecular formula is C16H35NO. The number of rotatable bonds is 8. The molecule has 0 aromatic rings. The van der Waals surface area contributed by atoms with Gasteiger partial charge in [-0.1, -0.05) is 48.0 Å². The standard InChI is InChI=1S/C16H35NO/c1-15(2,3)11-7-9-14(18)10-8-12-17-13-16(4,5)6/h14,17-18H,7-13H2,1-6H3/t14-/m1/s1. The normalized spacial score (nSPS) is 14.8. The summed E-state index contributed by atoms with van der Waals surface area (Å²) >= 11 is 0. The van der Waals surface area contributed by atoms with Crippen molar-refractivity contribution < 1.29 is 5.11 Å². The third-order valence-electron chi connectivity index (χ3n) is 3.01. The Morgan fingerprint density at radius 1 is 0.889 bits per heavy atom. The Morgan fingerprint density at radius 3 is 1.94 bits per heavy atom. The largest absolute Gasteiger partial charge is 0.393 e. The Kier molecular flexibility index (Phi) is 8.13. The smallest absolute Gasteiger partial charge is 0.0540 e. The summed E-state index contributed by atoms with van der Waals surface area (Å²) in [5.41, 5.74) is 0.749. The molecule has 0 bridgehead atoms. The molecule has 18 heavy (non-hydrogen) atoms. The lowest BCUT2D eigenvalue weighted by Gasteiger charge is -2.20. The zero-order chi connectivity index (χ0) is 14.2. The van der Waals surface area contributed by atoms with E-state index in [0.29, 0.717) is 10.8 Å². The van der Waals surface area contributed by atoms with Crippen molar-refractivity contribution >= 4 is 0 Å². The van der Waals surface area contributed by atoms with Crippen LogP contribution in [0.5, 0.6) is 0 Å². The van der Waals surface area contributed by atoms with Crippen LogP contribution in [-0.4, -0.2) is 24.3 Å². The molecule has 2 heteroatoms. The van der Waals surface area contributed by atoms with Crippen LogP contribution in [0.25, 0.3) is 0 Å². The van der Waals surface area contributed by atoms with E-state index in [4.69, 9.17) is 0 Å². The predicted octanol–water partition coefficient (Wildman–Crippen LogP) is 3.98. The lowest BCUT2D eigenvalue weighted by molar-refractivity contribution is 0.143. The van der Waals surface area contributed by atoms with Crippen LogP contribution in [0.3, 0.4) is 0 Å². The summed E-state index contributed by atoms with van der Waals surface area (Å²) in [6, 6.07) is 0. The van der Waals surface area contributed by atoms with E-state index in [9.17, 15) is 5.11 Å². The molecule has 0 amide bonds. The number of aliphatic hydroxyl groups is 1. The van der Waals surface area contributed by atoms with Gasteiger partial charge in [0.05, 0.1) is 6.10 Å². The number of hydrogen-bond donors (Lipinski definition) is 2. The summed E-state index contributed by atoms with van der Waals surface area (Å²) < 4.78 is 0. The van der Waals surface area contributed by atoms with E-state index >= 15 is 0 Å². The Balaban J connectivity index is 3.40. The van der Waals surface area contributed by atoms with Crippen LogP contribution in [0.2, 0.25) is 0 Å². The van der Waals surface area contributed by atoms with E-state index in [1.807, 2.05) is 0 Å². The molecule has 2 N–H and O–H groups in total. The maximum Gasteiger partial charge on any atom is 0.0540 e. The Labute approximate surface area is 115 Å². The summed E-state index contributed by atoms with van der Waals surface area (Å²) in [5.74, 6) is 0. The molecule has 0 aliphatic rings. The molecule has 0 saturated heterocycles. The summed E-state index contributed by atoms with van der Waals surface area (Å²) in [6.45, 7) is 15.6. The minimum atomic E-state index is -0.108. The van der Waals surface area contributed by atoms with Crippen LogP contribution >= 0.6 is 0 Å². The van der Waals surface area contributed by atoms with E-state index in [1.54, 1.807) is 0 Å². The summed E-state index contributed by atoms with van der Waals surface area (Å²) in [4.78, 5) is 0. The molecule has 0 aliphatic heterocycles. The second kappa shape index (κ2) is 8.16. The first-order valence-corrected chi connectivity index (χ1v) is 7.49. The molecule has 0 aromatic carbocycles. The van der Waals surface area contributed by atoms with Gasteiger partial charge in [-0.05, 0) is 49.6 Å². The van der Waals surface area contributed by atoms with Crippen molar-refractivity contribution in [3.63, 3.8) is 0 Å². The lowest BCUT2D eigenvalue weighted by Crippen LogP contribution is -2.28. The van der Waals surface area contributed by atoms with Crippen molar-refractivity contribution in [2.75, 3.05) is 13.1 Å². The topological polar surface area (TPSA) is 32.3 Å². The lowest BCUT2D eigenvalue weighted by atomic mass is 9.89. The highest BCUT2D eigenvalue weighted by Crippen LogP contribution is 2.22. The highest BCUT2D eigenvalue weighted by atomic mass is 16.3. The first-order chi connectivity index (χ1) is 8.10. The van der Waals surface area contributed by atoms with Crippen LogP contribution in [0.4, 0.5) is 0 Å². The molecule has 0 heterocycles. The van der Waals surface area contributed by atoms with Crippen molar-refractivity contribution in [2.45, 2.75) is 79.8 Å². The average Bonchev–Trinajstić information content (AvgIpc) is 2.13. The Hall–Kier alpha value is -0.0800. The van der Waals surface area contributed by atoms with Crippen LogP contribution in [-0.2, 0) is 0 Å². The zero-order valence-electron chi connectivity index (χ0n) is 13.5. The van der Waals surface area contributed by atoms with E-state index < -0.39 is 0 Å². The number of hydrogen-bond acceptors (Lipinski definition) is 2. The minimum Gasteiger partial charge on any atom is -0.393 e. The molecular weight excluding hydrogens is 222 g/mol. The maximum atomic E-state index is 9.88. The fourth-order valence-corrected chi connectivity index (χ4v) is 1.94.